The Morgan fingerprint density at radius 1 is 1.55 bits per heavy atom. The third-order valence-corrected chi connectivity index (χ3v) is 3.91. The second kappa shape index (κ2) is 6.22. The molecule has 1 aliphatic heterocycles. The lowest BCUT2D eigenvalue weighted by molar-refractivity contribution is 0.0226. The summed E-state index contributed by atoms with van der Waals surface area (Å²) in [7, 11) is 1.45. The number of rotatable bonds is 3. The van der Waals surface area contributed by atoms with E-state index in [1.807, 2.05) is 6.92 Å². The molecule has 1 aliphatic rings. The lowest BCUT2D eigenvalue weighted by atomic mass is 9.92. The number of carbonyl (C=O) groups is 1. The van der Waals surface area contributed by atoms with E-state index in [9.17, 15) is 14.3 Å². The number of hydrogen-bond donors (Lipinski definition) is 1. The number of halogens is 1. The van der Waals surface area contributed by atoms with Gasteiger partial charge in [0.15, 0.2) is 0 Å². The van der Waals surface area contributed by atoms with E-state index in [4.69, 9.17) is 4.74 Å². The first kappa shape index (κ1) is 14.8. The predicted molar refractivity (Wildman–Crippen MR) is 73.3 cm³/mol. The van der Waals surface area contributed by atoms with Gasteiger partial charge in [0, 0.05) is 25.1 Å². The molecule has 1 fully saturated rings. The summed E-state index contributed by atoms with van der Waals surface area (Å²) in [6.07, 6.45) is 0.975. The Labute approximate surface area is 118 Å². The molecular weight excluding hydrogens is 261 g/mol. The van der Waals surface area contributed by atoms with Gasteiger partial charge in [0.25, 0.3) is 5.91 Å². The fourth-order valence-corrected chi connectivity index (χ4v) is 2.57. The Morgan fingerprint density at radius 2 is 2.30 bits per heavy atom. The summed E-state index contributed by atoms with van der Waals surface area (Å²) in [5.74, 6) is -0.447. The first-order valence-electron chi connectivity index (χ1n) is 6.87. The highest BCUT2D eigenvalue weighted by Gasteiger charge is 2.30. The number of hydrogen-bond acceptors (Lipinski definition) is 3. The molecule has 110 valence electrons. The summed E-state index contributed by atoms with van der Waals surface area (Å²) in [6, 6.07) is 4.23. The third-order valence-electron chi connectivity index (χ3n) is 3.91. The third kappa shape index (κ3) is 2.93. The number of carbonyl (C=O) groups excluding carboxylic acids is 1. The van der Waals surface area contributed by atoms with E-state index >= 15 is 0 Å². The van der Waals surface area contributed by atoms with Gasteiger partial charge in [-0.2, -0.15) is 0 Å². The summed E-state index contributed by atoms with van der Waals surface area (Å²) in [5.41, 5.74) is 0.0528. The molecule has 1 N–H and O–H groups in total. The van der Waals surface area contributed by atoms with Crippen LogP contribution in [0.1, 0.15) is 30.1 Å². The van der Waals surface area contributed by atoms with E-state index in [-0.39, 0.29) is 23.5 Å². The number of likely N-dealkylation sites (tertiary alicyclic amines) is 1. The molecule has 2 atom stereocenters. The molecule has 20 heavy (non-hydrogen) atoms. The molecule has 2 unspecified atom stereocenters. The quantitative estimate of drug-likeness (QED) is 0.922. The van der Waals surface area contributed by atoms with Crippen LogP contribution in [0.2, 0.25) is 0 Å². The number of aliphatic hydroxyl groups is 1. The van der Waals surface area contributed by atoms with Crippen LogP contribution in [0.4, 0.5) is 4.39 Å². The van der Waals surface area contributed by atoms with E-state index in [1.165, 1.54) is 19.2 Å². The van der Waals surface area contributed by atoms with Crippen LogP contribution in [0.3, 0.4) is 0 Å². The van der Waals surface area contributed by atoms with Crippen LogP contribution in [0.15, 0.2) is 18.2 Å². The molecule has 0 bridgehead atoms. The molecule has 0 aromatic heterocycles. The summed E-state index contributed by atoms with van der Waals surface area (Å²) >= 11 is 0. The number of nitrogens with zero attached hydrogens (tertiary/aromatic N) is 1. The van der Waals surface area contributed by atoms with Gasteiger partial charge in [-0.1, -0.05) is 6.92 Å². The van der Waals surface area contributed by atoms with E-state index in [0.717, 1.165) is 6.42 Å². The van der Waals surface area contributed by atoms with Crippen molar-refractivity contribution in [3.05, 3.63) is 29.6 Å². The van der Waals surface area contributed by atoms with Gasteiger partial charge in [-0.05, 0) is 25.0 Å². The molecule has 0 radical (unpaired) electrons. The molecule has 1 amide bonds. The largest absolute Gasteiger partial charge is 0.497 e. The molecule has 2 rings (SSSR count). The Morgan fingerprint density at radius 3 is 2.90 bits per heavy atom. The molecule has 0 saturated carbocycles. The van der Waals surface area contributed by atoms with Gasteiger partial charge in [-0.15, -0.1) is 0 Å². The summed E-state index contributed by atoms with van der Waals surface area (Å²) < 4.78 is 18.8. The number of benzene rings is 1. The highest BCUT2D eigenvalue weighted by Crippen LogP contribution is 2.23. The highest BCUT2D eigenvalue weighted by molar-refractivity contribution is 5.94. The summed E-state index contributed by atoms with van der Waals surface area (Å²) in [4.78, 5) is 14.0. The SMILES string of the molecule is CCC1CN(C(=O)c2ccc(OC)cc2F)CCC1O. The number of ether oxygens (including phenoxy) is 1. The minimum Gasteiger partial charge on any atom is -0.497 e. The number of methoxy groups -OCH3 is 1. The maximum absolute atomic E-state index is 13.9. The van der Waals surface area contributed by atoms with Crippen LogP contribution in [0.25, 0.3) is 0 Å². The molecular formula is C15H20FNO3. The lowest BCUT2D eigenvalue weighted by Crippen LogP contribution is -2.46. The van der Waals surface area contributed by atoms with Gasteiger partial charge in [0.2, 0.25) is 0 Å². The smallest absolute Gasteiger partial charge is 0.256 e. The van der Waals surface area contributed by atoms with Crippen molar-refractivity contribution in [2.75, 3.05) is 20.2 Å². The van der Waals surface area contributed by atoms with Gasteiger partial charge in [-0.3, -0.25) is 4.79 Å². The zero-order chi connectivity index (χ0) is 14.7. The molecule has 1 aromatic rings. The molecule has 1 heterocycles. The molecule has 5 heteroatoms. The Hall–Kier alpha value is -1.62. The van der Waals surface area contributed by atoms with Crippen LogP contribution in [0, 0.1) is 11.7 Å². The minimum absolute atomic E-state index is 0.0528. The van der Waals surface area contributed by atoms with Gasteiger partial charge in [0.1, 0.15) is 11.6 Å². The van der Waals surface area contributed by atoms with Crippen molar-refractivity contribution in [2.45, 2.75) is 25.9 Å². The van der Waals surface area contributed by atoms with Gasteiger partial charge in [0.05, 0.1) is 18.8 Å². The maximum Gasteiger partial charge on any atom is 0.256 e. The van der Waals surface area contributed by atoms with Crippen LogP contribution in [-0.4, -0.2) is 42.2 Å². The van der Waals surface area contributed by atoms with E-state index in [2.05, 4.69) is 0 Å². The second-order valence-corrected chi connectivity index (χ2v) is 5.12. The van der Waals surface area contributed by atoms with Crippen molar-refractivity contribution in [3.8, 4) is 5.75 Å². The predicted octanol–water partition coefficient (Wildman–Crippen LogP) is 2.07. The van der Waals surface area contributed by atoms with Crippen LogP contribution in [0.5, 0.6) is 5.75 Å². The molecule has 0 spiro atoms. The average molecular weight is 281 g/mol. The Bertz CT molecular complexity index is 492. The Kier molecular flexibility index (Phi) is 4.60. The first-order chi connectivity index (χ1) is 9.56. The number of amides is 1. The van der Waals surface area contributed by atoms with E-state index < -0.39 is 5.82 Å². The molecule has 0 aliphatic carbocycles. The lowest BCUT2D eigenvalue weighted by Gasteiger charge is -2.35. The minimum atomic E-state index is -0.575. The highest BCUT2D eigenvalue weighted by atomic mass is 19.1. The fourth-order valence-electron chi connectivity index (χ4n) is 2.57. The van der Waals surface area contributed by atoms with Gasteiger partial charge >= 0.3 is 0 Å². The van der Waals surface area contributed by atoms with Crippen molar-refractivity contribution in [2.24, 2.45) is 5.92 Å². The van der Waals surface area contributed by atoms with Gasteiger partial charge < -0.3 is 14.7 Å². The number of aliphatic hydroxyl groups excluding tert-OH is 1. The standard InChI is InChI=1S/C15H20FNO3/c1-3-10-9-17(7-6-14(10)18)15(19)12-5-4-11(20-2)8-13(12)16/h4-5,8,10,14,18H,3,6-7,9H2,1-2H3. The van der Waals surface area contributed by atoms with Crippen molar-refractivity contribution in [3.63, 3.8) is 0 Å². The van der Waals surface area contributed by atoms with Gasteiger partial charge in [-0.25, -0.2) is 4.39 Å². The number of piperidine rings is 1. The van der Waals surface area contributed by atoms with Crippen molar-refractivity contribution in [1.29, 1.82) is 0 Å². The van der Waals surface area contributed by atoms with Crippen molar-refractivity contribution >= 4 is 5.91 Å². The fraction of sp³-hybridized carbons (Fsp3) is 0.533. The zero-order valence-electron chi connectivity index (χ0n) is 11.8. The van der Waals surface area contributed by atoms with Crippen LogP contribution < -0.4 is 4.74 Å². The second-order valence-electron chi connectivity index (χ2n) is 5.12. The molecule has 4 nitrogen and oxygen atoms in total. The topological polar surface area (TPSA) is 49.8 Å². The van der Waals surface area contributed by atoms with E-state index in [0.29, 0.717) is 25.3 Å². The normalized spacial score (nSPS) is 22.7. The average Bonchev–Trinajstić information content (AvgIpc) is 2.47. The van der Waals surface area contributed by atoms with Crippen molar-refractivity contribution < 1.29 is 19.0 Å². The monoisotopic (exact) mass is 281 g/mol. The Balaban J connectivity index is 2.15. The molecule has 1 saturated heterocycles. The first-order valence-corrected chi connectivity index (χ1v) is 6.87. The van der Waals surface area contributed by atoms with Crippen LogP contribution in [-0.2, 0) is 0 Å². The maximum atomic E-state index is 13.9. The zero-order valence-corrected chi connectivity index (χ0v) is 11.8. The summed E-state index contributed by atoms with van der Waals surface area (Å²) in [5, 5.41) is 9.83. The van der Waals surface area contributed by atoms with Crippen LogP contribution >= 0.6 is 0 Å². The molecule has 1 aromatic carbocycles. The van der Waals surface area contributed by atoms with E-state index in [1.54, 1.807) is 11.0 Å². The van der Waals surface area contributed by atoms with Crippen molar-refractivity contribution in [1.82, 2.24) is 4.90 Å². The summed E-state index contributed by atoms with van der Waals surface area (Å²) in [6.45, 7) is 2.92.